The van der Waals surface area contributed by atoms with Gasteiger partial charge in [-0.25, -0.2) is 0 Å². The van der Waals surface area contributed by atoms with Crippen LogP contribution in [0.25, 0.3) is 10.9 Å². The Bertz CT molecular complexity index is 746. The first-order valence-electron chi connectivity index (χ1n) is 6.75. The van der Waals surface area contributed by atoms with Crippen molar-refractivity contribution in [1.82, 2.24) is 4.98 Å². The molecular formula is C17H18N2O2. The second-order valence-electron chi connectivity index (χ2n) is 5.23. The molecule has 1 aromatic heterocycles. The van der Waals surface area contributed by atoms with Gasteiger partial charge in [0.25, 0.3) is 5.91 Å². The van der Waals surface area contributed by atoms with Crippen LogP contribution in [0.1, 0.15) is 31.4 Å². The van der Waals surface area contributed by atoms with Crippen molar-refractivity contribution in [3.63, 3.8) is 0 Å². The van der Waals surface area contributed by atoms with Gasteiger partial charge in [0.05, 0.1) is 5.52 Å². The smallest absolute Gasteiger partial charge is 0.261 e. The number of rotatable bonds is 4. The lowest BCUT2D eigenvalue weighted by Gasteiger charge is -2.26. The Kier molecular flexibility index (Phi) is 3.86. The maximum atomic E-state index is 11.6. The van der Waals surface area contributed by atoms with Gasteiger partial charge in [-0.15, -0.1) is 6.42 Å². The largest absolute Gasteiger partial charge is 0.478 e. The van der Waals surface area contributed by atoms with E-state index in [4.69, 9.17) is 16.9 Å². The Hall–Kier alpha value is -2.54. The molecule has 0 aliphatic heterocycles. The average Bonchev–Trinajstić information content (AvgIpc) is 2.46. The quantitative estimate of drug-likeness (QED) is 0.876. The molecule has 2 rings (SSSR count). The number of pyridine rings is 1. The van der Waals surface area contributed by atoms with Crippen molar-refractivity contribution in [3.05, 3.63) is 35.5 Å². The summed E-state index contributed by atoms with van der Waals surface area (Å²) in [5.41, 5.74) is 6.91. The molecule has 1 aromatic carbocycles. The molecule has 0 spiro atoms. The average molecular weight is 282 g/mol. The number of amides is 1. The normalized spacial score (nSPS) is 13.4. The number of hydrogen-bond acceptors (Lipinski definition) is 3. The Labute approximate surface area is 124 Å². The maximum absolute atomic E-state index is 11.6. The molecular weight excluding hydrogens is 264 g/mol. The number of aromatic nitrogens is 1. The van der Waals surface area contributed by atoms with Gasteiger partial charge < -0.3 is 10.5 Å². The molecule has 0 bridgehead atoms. The fraction of sp³-hybridized carbons (Fsp3) is 0.294. The third-order valence-electron chi connectivity index (χ3n) is 3.65. The summed E-state index contributed by atoms with van der Waals surface area (Å²) < 4.78 is 5.82. The number of terminal acetylenes is 1. The minimum Gasteiger partial charge on any atom is -0.478 e. The van der Waals surface area contributed by atoms with Crippen molar-refractivity contribution in [2.24, 2.45) is 5.73 Å². The highest BCUT2D eigenvalue weighted by Crippen LogP contribution is 2.28. The van der Waals surface area contributed by atoms with Crippen LogP contribution in [0.3, 0.4) is 0 Å². The number of aryl methyl sites for hydroxylation is 1. The molecule has 2 N–H and O–H groups in total. The van der Waals surface area contributed by atoms with Crippen LogP contribution in [0.2, 0.25) is 0 Å². The minimum absolute atomic E-state index is 0.488. The van der Waals surface area contributed by atoms with Crippen molar-refractivity contribution >= 4 is 16.8 Å². The van der Waals surface area contributed by atoms with Gasteiger partial charge in [-0.1, -0.05) is 12.8 Å². The summed E-state index contributed by atoms with van der Waals surface area (Å²) in [7, 11) is 0. The zero-order chi connectivity index (χ0) is 15.6. The van der Waals surface area contributed by atoms with Crippen LogP contribution >= 0.6 is 0 Å². The molecule has 4 nitrogen and oxygen atoms in total. The highest BCUT2D eigenvalue weighted by atomic mass is 16.5. The standard InChI is InChI=1S/C17H18N2O2/c1-5-12-8-13-9-14(7-11(3)15(13)19-10-12)21-17(4,6-2)16(18)20/h1,7-10H,6H2,2-4H3,(H2,18,20). The van der Waals surface area contributed by atoms with Crippen molar-refractivity contribution in [3.8, 4) is 18.1 Å². The number of ether oxygens (including phenoxy) is 1. The monoisotopic (exact) mass is 282 g/mol. The summed E-state index contributed by atoms with van der Waals surface area (Å²) in [6.07, 6.45) is 7.55. The zero-order valence-corrected chi connectivity index (χ0v) is 12.4. The number of nitrogens with two attached hydrogens (primary N) is 1. The summed E-state index contributed by atoms with van der Waals surface area (Å²) in [6.45, 7) is 5.48. The molecule has 0 fully saturated rings. The third-order valence-corrected chi connectivity index (χ3v) is 3.65. The first-order valence-corrected chi connectivity index (χ1v) is 6.75. The molecule has 0 aliphatic rings. The van der Waals surface area contributed by atoms with Crippen molar-refractivity contribution in [2.75, 3.05) is 0 Å². The summed E-state index contributed by atoms with van der Waals surface area (Å²) in [4.78, 5) is 15.9. The van der Waals surface area contributed by atoms with E-state index in [2.05, 4.69) is 10.9 Å². The first-order chi connectivity index (χ1) is 9.89. The molecule has 1 unspecified atom stereocenters. The van der Waals surface area contributed by atoms with Gasteiger partial charge in [-0.2, -0.15) is 0 Å². The summed E-state index contributed by atoms with van der Waals surface area (Å²) in [6, 6.07) is 5.55. The molecule has 0 radical (unpaired) electrons. The van der Waals surface area contributed by atoms with Crippen molar-refractivity contribution in [1.29, 1.82) is 0 Å². The summed E-state index contributed by atoms with van der Waals surface area (Å²) in [5.74, 6) is 2.65. The van der Waals surface area contributed by atoms with Crippen LogP contribution in [-0.4, -0.2) is 16.5 Å². The molecule has 1 amide bonds. The van der Waals surface area contributed by atoms with Gasteiger partial charge in [0.15, 0.2) is 5.60 Å². The van der Waals surface area contributed by atoms with Crippen LogP contribution < -0.4 is 10.5 Å². The van der Waals surface area contributed by atoms with E-state index in [0.717, 1.165) is 16.5 Å². The minimum atomic E-state index is -1.03. The van der Waals surface area contributed by atoms with E-state index in [1.165, 1.54) is 0 Å². The number of hydrogen-bond donors (Lipinski definition) is 1. The third kappa shape index (κ3) is 2.82. The second kappa shape index (κ2) is 5.45. The van der Waals surface area contributed by atoms with Crippen molar-refractivity contribution in [2.45, 2.75) is 32.8 Å². The number of fused-ring (bicyclic) bond motifs is 1. The molecule has 0 saturated heterocycles. The molecule has 1 atom stereocenters. The molecule has 1 heterocycles. The van der Waals surface area contributed by atoms with Crippen molar-refractivity contribution < 1.29 is 9.53 Å². The fourth-order valence-corrected chi connectivity index (χ4v) is 2.09. The van der Waals surface area contributed by atoms with Crippen LogP contribution in [0.5, 0.6) is 5.75 Å². The number of benzene rings is 1. The molecule has 0 saturated carbocycles. The Morgan fingerprint density at radius 2 is 2.19 bits per heavy atom. The Balaban J connectivity index is 2.51. The van der Waals surface area contributed by atoms with Crippen LogP contribution in [0.15, 0.2) is 24.4 Å². The van der Waals surface area contributed by atoms with Gasteiger partial charge in [0, 0.05) is 17.1 Å². The highest BCUT2D eigenvalue weighted by Gasteiger charge is 2.31. The molecule has 21 heavy (non-hydrogen) atoms. The number of primary amides is 1. The van der Waals surface area contributed by atoms with Crippen LogP contribution in [-0.2, 0) is 4.79 Å². The predicted octanol–water partition coefficient (Wildman–Crippen LogP) is 2.56. The molecule has 2 aromatic rings. The molecule has 108 valence electrons. The predicted molar refractivity (Wildman–Crippen MR) is 82.9 cm³/mol. The molecule has 4 heteroatoms. The second-order valence-corrected chi connectivity index (χ2v) is 5.23. The van der Waals surface area contributed by atoms with E-state index in [-0.39, 0.29) is 0 Å². The van der Waals surface area contributed by atoms with Crippen LogP contribution in [0, 0.1) is 19.3 Å². The zero-order valence-electron chi connectivity index (χ0n) is 12.4. The van der Waals surface area contributed by atoms with Gasteiger partial charge in [-0.05, 0) is 44.0 Å². The molecule has 0 aliphatic carbocycles. The van der Waals surface area contributed by atoms with E-state index < -0.39 is 11.5 Å². The lowest BCUT2D eigenvalue weighted by molar-refractivity contribution is -0.132. The Morgan fingerprint density at radius 3 is 2.76 bits per heavy atom. The van der Waals surface area contributed by atoms with E-state index in [9.17, 15) is 4.79 Å². The SMILES string of the molecule is C#Cc1cnc2c(C)cc(OC(C)(CC)C(N)=O)cc2c1. The number of nitrogens with zero attached hydrogens (tertiary/aromatic N) is 1. The fourth-order valence-electron chi connectivity index (χ4n) is 2.09. The lowest BCUT2D eigenvalue weighted by atomic mass is 10.0. The van der Waals surface area contributed by atoms with E-state index in [0.29, 0.717) is 17.7 Å². The number of carbonyl (C=O) groups is 1. The highest BCUT2D eigenvalue weighted by molar-refractivity contribution is 5.85. The Morgan fingerprint density at radius 1 is 1.48 bits per heavy atom. The van der Waals surface area contributed by atoms with Gasteiger partial charge in [-0.3, -0.25) is 9.78 Å². The number of carbonyl (C=O) groups excluding carboxylic acids is 1. The topological polar surface area (TPSA) is 65.2 Å². The van der Waals surface area contributed by atoms with Crippen LogP contribution in [0.4, 0.5) is 0 Å². The van der Waals surface area contributed by atoms with Gasteiger partial charge in [0.2, 0.25) is 0 Å². The van der Waals surface area contributed by atoms with E-state index in [1.807, 2.05) is 32.0 Å². The van der Waals surface area contributed by atoms with E-state index in [1.54, 1.807) is 13.1 Å². The van der Waals surface area contributed by atoms with Gasteiger partial charge >= 0.3 is 0 Å². The van der Waals surface area contributed by atoms with Gasteiger partial charge in [0.1, 0.15) is 5.75 Å². The maximum Gasteiger partial charge on any atom is 0.261 e. The van der Waals surface area contributed by atoms with E-state index >= 15 is 0 Å². The lowest BCUT2D eigenvalue weighted by Crippen LogP contribution is -2.45. The first kappa shape index (κ1) is 14.9. The summed E-state index contributed by atoms with van der Waals surface area (Å²) >= 11 is 0. The summed E-state index contributed by atoms with van der Waals surface area (Å²) in [5, 5.41) is 0.878.